The number of carboxylic acid groups (broad SMARTS) is 1. The predicted octanol–water partition coefficient (Wildman–Crippen LogP) is 13.5. The molecule has 2 unspecified atom stereocenters. The second-order valence-electron chi connectivity index (χ2n) is 23.2. The van der Waals surface area contributed by atoms with Crippen molar-refractivity contribution >= 4 is 56.9 Å². The Morgan fingerprint density at radius 3 is 1.21 bits per heavy atom. The van der Waals surface area contributed by atoms with Crippen molar-refractivity contribution in [2.45, 2.75) is 80.9 Å². The Morgan fingerprint density at radius 1 is 0.510 bits per heavy atom. The minimum Gasteiger partial charge on any atom is -0.508 e. The van der Waals surface area contributed by atoms with Gasteiger partial charge in [-0.3, -0.25) is 48.0 Å². The molecular formula is C60H65ClF13N9O15P2. The van der Waals surface area contributed by atoms with E-state index in [4.69, 9.17) is 24.0 Å². The number of aromatic hydroxyl groups is 2. The van der Waals surface area contributed by atoms with E-state index in [9.17, 15) is 106 Å². The van der Waals surface area contributed by atoms with Crippen molar-refractivity contribution < 1.29 is 120 Å². The number of halogens is 14. The number of amides is 2. The Hall–Kier alpha value is -7.73. The van der Waals surface area contributed by atoms with E-state index in [-0.39, 0.29) is 98.6 Å². The number of aromatic carboxylic acids is 1. The molecule has 12 rings (SSSR count). The Kier molecular flexibility index (Phi) is 25.9. The third-order valence-electron chi connectivity index (χ3n) is 15.6. The largest absolute Gasteiger partial charge is 0.508 e. The van der Waals surface area contributed by atoms with Crippen LogP contribution in [0.3, 0.4) is 0 Å². The minimum atomic E-state index is -5.01. The maximum atomic E-state index is 14.1. The number of nitrogens with one attached hydrogen (secondary N) is 1. The predicted molar refractivity (Wildman–Crippen MR) is 332 cm³/mol. The van der Waals surface area contributed by atoms with Crippen LogP contribution in [-0.4, -0.2) is 193 Å². The molecule has 0 saturated carbocycles. The van der Waals surface area contributed by atoms with Gasteiger partial charge in [0.25, 0.3) is 29.6 Å². The lowest BCUT2D eigenvalue weighted by Gasteiger charge is -2.31. The normalized spacial score (nSPS) is 19.2. The molecule has 4 N–H and O–H groups in total. The number of phenols is 2. The molecule has 5 aromatic carbocycles. The first-order chi connectivity index (χ1) is 46.3. The topological polar surface area (TPSA) is 291 Å². The Morgan fingerprint density at radius 2 is 0.870 bits per heavy atom. The Bertz CT molecular complexity index is 3800. The molecule has 0 aliphatic carbocycles. The third-order valence-corrected chi connectivity index (χ3v) is 21.0. The highest BCUT2D eigenvalue weighted by atomic mass is 35.5. The number of likely N-dealkylation sites (tertiary alicyclic amines) is 2. The van der Waals surface area contributed by atoms with E-state index in [2.05, 4.69) is 5.32 Å². The molecule has 0 radical (unpaired) electrons. The number of piperidine rings is 3. The lowest BCUT2D eigenvalue weighted by atomic mass is 10.1. The fraction of sp³-hybridized carbons (Fsp3) is 0.450. The number of hydrogen-bond donors (Lipinski definition) is 4. The van der Waals surface area contributed by atoms with Gasteiger partial charge in [-0.05, 0) is 90.0 Å². The number of hydrogen-bond acceptors (Lipinski definition) is 15. The molecule has 0 spiro atoms. The summed E-state index contributed by atoms with van der Waals surface area (Å²) in [6.07, 6.45) is -16.8. The Balaban J connectivity index is 0.000000197. The van der Waals surface area contributed by atoms with Gasteiger partial charge in [0, 0.05) is 153 Å². The summed E-state index contributed by atoms with van der Waals surface area (Å²) in [5, 5.41) is 51.5. The van der Waals surface area contributed by atoms with E-state index < -0.39 is 126 Å². The molecule has 7 heterocycles. The number of carboxylic acids is 1. The summed E-state index contributed by atoms with van der Waals surface area (Å²) >= 11 is 0. The first kappa shape index (κ1) is 79.6. The number of benzene rings is 5. The first-order valence-electron chi connectivity index (χ1n) is 30.2. The van der Waals surface area contributed by atoms with Crippen molar-refractivity contribution in [3.8, 4) is 23.0 Å². The smallest absolute Gasteiger partial charge is 0.419 e. The molecule has 40 heteroatoms. The zero-order chi connectivity index (χ0) is 72.6. The van der Waals surface area contributed by atoms with Gasteiger partial charge in [0.1, 0.15) is 17.2 Å². The van der Waals surface area contributed by atoms with Crippen LogP contribution >= 0.6 is 27.7 Å². The van der Waals surface area contributed by atoms with Crippen LogP contribution in [0.1, 0.15) is 92.9 Å². The van der Waals surface area contributed by atoms with Crippen LogP contribution in [0.5, 0.6) is 23.0 Å². The van der Waals surface area contributed by atoms with Gasteiger partial charge in [-0.25, -0.2) is 49.8 Å². The van der Waals surface area contributed by atoms with E-state index in [1.165, 1.54) is 89.1 Å². The second-order valence-corrected chi connectivity index (χ2v) is 27.9. The standard InChI is InChI=1S/C24H24F5N4O6P.C12H12F4N3O4P.C12H13F2NO2.C7H6O3.C5H9F2N.ClH/c25-23(26)6-8-30(9-7-23)22(34)17-2-1-3-18(14-17)38-20-15-16(4-5-19(20)33(35)36)21(24(27,28)29)39-40(37,31-10-11-31)32-12-13-32;13-9-7-8(1-2-10(9)19(20)21)11(12(14,15)16)23-24(22,17-3-4-17)18-5-6-18;13-12(14)4-6-15(7-5-12)11(17)9-2-1-3-10(16)8-9;8-6-3-1-2-5(4-6)7(9)10;6-5(7)1-3-8-4-2-5;/h1-5,14-15,21H,6-13H2;1-2,7,11H,3-6H2;1-3,8,16H,4-7H2;1-4,8H,(H,9,10);8H,1-4H2;1H. The summed E-state index contributed by atoms with van der Waals surface area (Å²) in [5.41, 5.74) is -2.35. The van der Waals surface area contributed by atoms with Gasteiger partial charge in [-0.1, -0.05) is 18.2 Å². The second kappa shape index (κ2) is 32.5. The number of phenolic OH excluding ortho intramolecular Hbond substituents is 2. The van der Waals surface area contributed by atoms with Gasteiger partial charge in [0.15, 0.2) is 12.2 Å². The van der Waals surface area contributed by atoms with Crippen molar-refractivity contribution in [3.63, 3.8) is 0 Å². The number of carbonyl (C=O) groups excluding carboxylic acids is 2. The number of carbonyl (C=O) groups is 3. The summed E-state index contributed by atoms with van der Waals surface area (Å²) in [6.45, 7) is 3.42. The Labute approximate surface area is 566 Å². The molecule has 24 nitrogen and oxygen atoms in total. The van der Waals surface area contributed by atoms with E-state index in [1.54, 1.807) is 12.1 Å². The van der Waals surface area contributed by atoms with Gasteiger partial charge < -0.3 is 35.2 Å². The minimum absolute atomic E-state index is 0. The number of rotatable bonds is 17. The van der Waals surface area contributed by atoms with Gasteiger partial charge in [-0.2, -0.15) is 30.7 Å². The number of ether oxygens (including phenoxy) is 1. The molecule has 7 aliphatic heterocycles. The van der Waals surface area contributed by atoms with Crippen LogP contribution in [0.2, 0.25) is 0 Å². The molecule has 0 aromatic heterocycles. The molecule has 0 bridgehead atoms. The quantitative estimate of drug-likeness (QED) is 0.0221. The maximum absolute atomic E-state index is 14.1. The number of nitrogens with zero attached hydrogens (tertiary/aromatic N) is 8. The fourth-order valence-electron chi connectivity index (χ4n) is 9.80. The van der Waals surface area contributed by atoms with E-state index >= 15 is 0 Å². The van der Waals surface area contributed by atoms with Gasteiger partial charge in [0.05, 0.1) is 15.4 Å². The molecule has 2 amide bonds. The molecule has 7 fully saturated rings. The van der Waals surface area contributed by atoms with Gasteiger partial charge in [0.2, 0.25) is 11.6 Å². The zero-order valence-corrected chi connectivity index (χ0v) is 54.8. The number of nitro groups is 2. The monoisotopic (exact) mass is 1500 g/mol. The average molecular weight is 1500 g/mol. The van der Waals surface area contributed by atoms with E-state index in [1.807, 2.05) is 0 Å². The van der Waals surface area contributed by atoms with Crippen molar-refractivity contribution in [3.05, 3.63) is 163 Å². The third kappa shape index (κ3) is 22.1. The van der Waals surface area contributed by atoms with Crippen LogP contribution in [0, 0.1) is 26.0 Å². The zero-order valence-electron chi connectivity index (χ0n) is 52.2. The molecule has 2 atom stereocenters. The van der Waals surface area contributed by atoms with E-state index in [0.717, 1.165) is 24.3 Å². The summed E-state index contributed by atoms with van der Waals surface area (Å²) < 4.78 is 220. The highest BCUT2D eigenvalue weighted by molar-refractivity contribution is 7.54. The van der Waals surface area contributed by atoms with Crippen molar-refractivity contribution in [2.24, 2.45) is 0 Å². The fourth-order valence-corrected chi connectivity index (χ4v) is 14.5. The van der Waals surface area contributed by atoms with Crippen LogP contribution in [0.15, 0.2) is 109 Å². The van der Waals surface area contributed by atoms with Gasteiger partial charge in [-0.15, -0.1) is 12.4 Å². The van der Waals surface area contributed by atoms with Crippen molar-refractivity contribution in [2.75, 3.05) is 91.6 Å². The number of nitro benzene ring substituents is 2. The van der Waals surface area contributed by atoms with Crippen LogP contribution < -0.4 is 10.1 Å². The molecule has 548 valence electrons. The molecular weight excluding hydrogens is 1430 g/mol. The lowest BCUT2D eigenvalue weighted by Crippen LogP contribution is -2.42. The molecule has 5 aromatic rings. The molecule has 7 aliphatic rings. The molecule has 7 saturated heterocycles. The maximum Gasteiger partial charge on any atom is 0.419 e. The highest BCUT2D eigenvalue weighted by Gasteiger charge is 2.57. The van der Waals surface area contributed by atoms with Crippen LogP contribution in [-0.2, 0) is 18.2 Å². The summed E-state index contributed by atoms with van der Waals surface area (Å²) in [4.78, 5) is 58.0. The van der Waals surface area contributed by atoms with Crippen molar-refractivity contribution in [1.82, 2.24) is 33.8 Å². The molecule has 100 heavy (non-hydrogen) atoms. The lowest BCUT2D eigenvalue weighted by molar-refractivity contribution is -0.387. The van der Waals surface area contributed by atoms with Crippen LogP contribution in [0.25, 0.3) is 0 Å². The van der Waals surface area contributed by atoms with Crippen LogP contribution in [0.4, 0.5) is 68.5 Å². The summed E-state index contributed by atoms with van der Waals surface area (Å²) in [6, 6.07) is 21.1. The van der Waals surface area contributed by atoms with Gasteiger partial charge >= 0.3 is 45.0 Å². The first-order valence-corrected chi connectivity index (χ1v) is 33.3. The summed E-state index contributed by atoms with van der Waals surface area (Å²) in [5.74, 6) is -11.9. The van der Waals surface area contributed by atoms with Crippen molar-refractivity contribution in [1.29, 1.82) is 0 Å². The number of alkyl halides is 12. The summed E-state index contributed by atoms with van der Waals surface area (Å²) in [7, 11) is -7.74. The highest BCUT2D eigenvalue weighted by Crippen LogP contribution is 2.66. The average Bonchev–Trinajstić information content (AvgIpc) is 1.59. The SMILES string of the molecule is Cl.FC1(F)CCNCC1.O=C(O)c1cccc(O)c1.O=C(c1cccc(O)c1)N1CCC(F)(F)CC1.O=C(c1cccc(Oc2cc(C(OP(=O)(N3CC3)N3CC3)C(F)(F)F)ccc2[N+](=O)[O-])c1)N1CCC(F)(F)CC1.O=[N+]([O-])c1ccc(C(OP(=O)(N2CC2)N2CC2)C(F)(F)F)cc1F. The van der Waals surface area contributed by atoms with E-state index in [0.29, 0.717) is 83.1 Å².